The summed E-state index contributed by atoms with van der Waals surface area (Å²) >= 11 is 0. The average Bonchev–Trinajstić information content (AvgIpc) is 3.08. The van der Waals surface area contributed by atoms with E-state index in [4.69, 9.17) is 5.73 Å². The highest BCUT2D eigenvalue weighted by molar-refractivity contribution is 5.78. The first-order chi connectivity index (χ1) is 12.2. The van der Waals surface area contributed by atoms with Crippen molar-refractivity contribution >= 4 is 5.91 Å². The number of rotatable bonds is 6. The summed E-state index contributed by atoms with van der Waals surface area (Å²) in [5.74, 6) is 0.871. The second kappa shape index (κ2) is 8.28. The van der Waals surface area contributed by atoms with Crippen molar-refractivity contribution in [3.8, 4) is 0 Å². The van der Waals surface area contributed by atoms with Crippen molar-refractivity contribution < 1.29 is 4.79 Å². The maximum Gasteiger partial charge on any atom is 0.236 e. The molecule has 1 heterocycles. The Kier molecular flexibility index (Phi) is 5.84. The van der Waals surface area contributed by atoms with Gasteiger partial charge in [-0.3, -0.25) is 9.69 Å². The molecule has 1 saturated heterocycles. The quantitative estimate of drug-likeness (QED) is 0.880. The Balaban J connectivity index is 1.59. The van der Waals surface area contributed by atoms with Crippen LogP contribution in [0.25, 0.3) is 0 Å². The largest absolute Gasteiger partial charge is 0.341 e. The zero-order valence-electron chi connectivity index (χ0n) is 14.8. The molecule has 0 aliphatic carbocycles. The molecule has 2 aromatic carbocycles. The van der Waals surface area contributed by atoms with Gasteiger partial charge in [0.05, 0.1) is 6.54 Å². The lowest BCUT2D eigenvalue weighted by atomic mass is 9.89. The number of benzene rings is 2. The Morgan fingerprint density at radius 2 is 1.72 bits per heavy atom. The normalized spacial score (nSPS) is 20.2. The molecule has 2 aromatic rings. The van der Waals surface area contributed by atoms with Gasteiger partial charge in [-0.05, 0) is 30.6 Å². The minimum atomic E-state index is 0.190. The summed E-state index contributed by atoms with van der Waals surface area (Å²) in [4.78, 5) is 16.8. The number of likely N-dealkylation sites (N-methyl/N-ethyl adjacent to an activating group) is 1. The van der Waals surface area contributed by atoms with Crippen molar-refractivity contribution in [2.75, 3.05) is 33.2 Å². The smallest absolute Gasteiger partial charge is 0.236 e. The second-order valence-corrected chi connectivity index (χ2v) is 6.97. The molecule has 2 N–H and O–H groups in total. The molecular formula is C21H27N3O. The predicted molar refractivity (Wildman–Crippen MR) is 101 cm³/mol. The van der Waals surface area contributed by atoms with Crippen LogP contribution in [0.1, 0.15) is 17.0 Å². The number of hydrogen-bond acceptors (Lipinski definition) is 3. The molecule has 3 rings (SSSR count). The van der Waals surface area contributed by atoms with E-state index in [2.05, 4.69) is 41.3 Å². The number of likely N-dealkylation sites (tertiary alicyclic amines) is 1. The molecule has 4 nitrogen and oxygen atoms in total. The summed E-state index contributed by atoms with van der Waals surface area (Å²) in [5, 5.41) is 0. The Morgan fingerprint density at radius 3 is 2.36 bits per heavy atom. The molecule has 25 heavy (non-hydrogen) atoms. The molecule has 1 fully saturated rings. The zero-order valence-corrected chi connectivity index (χ0v) is 14.8. The van der Waals surface area contributed by atoms with Crippen LogP contribution >= 0.6 is 0 Å². The number of amides is 1. The number of carbonyl (C=O) groups is 1. The SMILES string of the molecule is CN(CC(=O)N1C[C@@H](CN)[C@H](c2ccccc2)C1)Cc1ccccc1. The number of nitrogens with two attached hydrogens (primary N) is 1. The monoisotopic (exact) mass is 337 g/mol. The Labute approximate surface area is 150 Å². The first-order valence-electron chi connectivity index (χ1n) is 8.92. The number of hydrogen-bond donors (Lipinski definition) is 1. The zero-order chi connectivity index (χ0) is 17.6. The third-order valence-electron chi connectivity index (χ3n) is 5.02. The predicted octanol–water partition coefficient (Wildman–Crippen LogP) is 2.32. The average molecular weight is 337 g/mol. The summed E-state index contributed by atoms with van der Waals surface area (Å²) in [6.45, 7) is 3.36. The van der Waals surface area contributed by atoms with Crippen LogP contribution in [0, 0.1) is 5.92 Å². The molecule has 0 unspecified atom stereocenters. The molecule has 132 valence electrons. The highest BCUT2D eigenvalue weighted by Crippen LogP contribution is 2.32. The molecular weight excluding hydrogens is 310 g/mol. The molecule has 0 saturated carbocycles. The molecule has 1 amide bonds. The molecule has 0 spiro atoms. The van der Waals surface area contributed by atoms with Crippen LogP contribution in [0.2, 0.25) is 0 Å². The summed E-state index contributed by atoms with van der Waals surface area (Å²) in [6.07, 6.45) is 0. The van der Waals surface area contributed by atoms with E-state index in [1.807, 2.05) is 36.2 Å². The fourth-order valence-corrected chi connectivity index (χ4v) is 3.67. The topological polar surface area (TPSA) is 49.6 Å². The van der Waals surface area contributed by atoms with Gasteiger partial charge in [0, 0.05) is 25.6 Å². The van der Waals surface area contributed by atoms with Gasteiger partial charge in [-0.25, -0.2) is 0 Å². The van der Waals surface area contributed by atoms with Crippen LogP contribution in [0.4, 0.5) is 0 Å². The molecule has 1 aliphatic heterocycles. The highest BCUT2D eigenvalue weighted by atomic mass is 16.2. The van der Waals surface area contributed by atoms with Gasteiger partial charge in [-0.1, -0.05) is 60.7 Å². The van der Waals surface area contributed by atoms with Crippen molar-refractivity contribution in [3.05, 3.63) is 71.8 Å². The molecule has 0 aromatic heterocycles. The molecule has 0 bridgehead atoms. The molecule has 0 radical (unpaired) electrons. The van der Waals surface area contributed by atoms with Crippen LogP contribution in [0.3, 0.4) is 0 Å². The Bertz CT molecular complexity index is 674. The Hall–Kier alpha value is -2.17. The lowest BCUT2D eigenvalue weighted by Gasteiger charge is -2.22. The minimum absolute atomic E-state index is 0.190. The van der Waals surface area contributed by atoms with E-state index in [0.29, 0.717) is 24.9 Å². The van der Waals surface area contributed by atoms with Crippen LogP contribution in [-0.2, 0) is 11.3 Å². The van der Waals surface area contributed by atoms with E-state index >= 15 is 0 Å². The van der Waals surface area contributed by atoms with E-state index in [1.165, 1.54) is 11.1 Å². The van der Waals surface area contributed by atoms with E-state index in [9.17, 15) is 4.79 Å². The summed E-state index contributed by atoms with van der Waals surface area (Å²) < 4.78 is 0. The lowest BCUT2D eigenvalue weighted by molar-refractivity contribution is -0.131. The molecule has 4 heteroatoms. The Morgan fingerprint density at radius 1 is 1.08 bits per heavy atom. The standard InChI is InChI=1S/C21H27N3O/c1-23(13-17-8-4-2-5-9-17)16-21(25)24-14-19(12-22)20(15-24)18-10-6-3-7-11-18/h2-11,19-20H,12-16,22H2,1H3/t19-,20+/m1/s1. The van der Waals surface area contributed by atoms with E-state index in [-0.39, 0.29) is 5.91 Å². The number of carbonyl (C=O) groups excluding carboxylic acids is 1. The van der Waals surface area contributed by atoms with Gasteiger partial charge in [0.2, 0.25) is 5.91 Å². The van der Waals surface area contributed by atoms with Crippen molar-refractivity contribution in [2.24, 2.45) is 11.7 Å². The number of nitrogens with zero attached hydrogens (tertiary/aromatic N) is 2. The maximum atomic E-state index is 12.7. The lowest BCUT2D eigenvalue weighted by Crippen LogP contribution is -2.38. The van der Waals surface area contributed by atoms with Crippen LogP contribution in [0.5, 0.6) is 0 Å². The molecule has 2 atom stereocenters. The third kappa shape index (κ3) is 4.47. The van der Waals surface area contributed by atoms with Crippen molar-refractivity contribution in [1.82, 2.24) is 9.80 Å². The van der Waals surface area contributed by atoms with Gasteiger partial charge in [-0.2, -0.15) is 0 Å². The summed E-state index contributed by atoms with van der Waals surface area (Å²) in [7, 11) is 2.00. The van der Waals surface area contributed by atoms with Gasteiger partial charge in [0.15, 0.2) is 0 Å². The first kappa shape index (κ1) is 17.6. The van der Waals surface area contributed by atoms with Gasteiger partial charge < -0.3 is 10.6 Å². The van der Waals surface area contributed by atoms with Crippen LogP contribution in [0.15, 0.2) is 60.7 Å². The van der Waals surface area contributed by atoms with E-state index in [1.54, 1.807) is 0 Å². The van der Waals surface area contributed by atoms with Crippen molar-refractivity contribution in [1.29, 1.82) is 0 Å². The van der Waals surface area contributed by atoms with E-state index in [0.717, 1.165) is 19.6 Å². The fourth-order valence-electron chi connectivity index (χ4n) is 3.67. The van der Waals surface area contributed by atoms with Gasteiger partial charge in [0.1, 0.15) is 0 Å². The summed E-state index contributed by atoms with van der Waals surface area (Å²) in [5.41, 5.74) is 8.49. The fraction of sp³-hybridized carbons (Fsp3) is 0.381. The van der Waals surface area contributed by atoms with Gasteiger partial charge >= 0.3 is 0 Å². The van der Waals surface area contributed by atoms with Crippen LogP contribution < -0.4 is 5.73 Å². The van der Waals surface area contributed by atoms with Crippen LogP contribution in [-0.4, -0.2) is 48.9 Å². The summed E-state index contributed by atoms with van der Waals surface area (Å²) in [6, 6.07) is 20.7. The third-order valence-corrected chi connectivity index (χ3v) is 5.02. The van der Waals surface area contributed by atoms with E-state index < -0.39 is 0 Å². The highest BCUT2D eigenvalue weighted by Gasteiger charge is 2.35. The first-order valence-corrected chi connectivity index (χ1v) is 8.92. The second-order valence-electron chi connectivity index (χ2n) is 6.97. The molecule has 1 aliphatic rings. The minimum Gasteiger partial charge on any atom is -0.341 e. The van der Waals surface area contributed by atoms with Gasteiger partial charge in [-0.15, -0.1) is 0 Å². The maximum absolute atomic E-state index is 12.7. The van der Waals surface area contributed by atoms with Gasteiger partial charge in [0.25, 0.3) is 0 Å². The van der Waals surface area contributed by atoms with Crippen molar-refractivity contribution in [3.63, 3.8) is 0 Å². The van der Waals surface area contributed by atoms with Crippen molar-refractivity contribution in [2.45, 2.75) is 12.5 Å².